The Morgan fingerprint density at radius 3 is 2.39 bits per heavy atom. The second-order valence-electron chi connectivity index (χ2n) is 8.70. The van der Waals surface area contributed by atoms with Crippen LogP contribution in [0.3, 0.4) is 0 Å². The monoisotopic (exact) mass is 438 g/mol. The molecule has 1 atom stereocenters. The summed E-state index contributed by atoms with van der Waals surface area (Å²) in [5.74, 6) is 0.0534. The highest BCUT2D eigenvalue weighted by atomic mass is 16.2. The average Bonchev–Trinajstić information content (AvgIpc) is 3.13. The number of hydrogen-bond donors (Lipinski definition) is 2. The van der Waals surface area contributed by atoms with Crippen LogP contribution in [-0.4, -0.2) is 15.0 Å². The van der Waals surface area contributed by atoms with Crippen molar-refractivity contribution in [2.24, 2.45) is 14.1 Å². The number of carbonyl (C=O) groups excluding carboxylic acids is 1. The number of benzene rings is 3. The first-order chi connectivity index (χ1) is 15.9. The summed E-state index contributed by atoms with van der Waals surface area (Å²) in [5, 5.41) is 8.20. The zero-order valence-electron chi connectivity index (χ0n) is 18.5. The van der Waals surface area contributed by atoms with Gasteiger partial charge in [-0.1, -0.05) is 49.4 Å². The Balaban J connectivity index is 1.90. The molecule has 1 spiro atoms. The maximum Gasteiger partial charge on any atom is 0.332 e. The smallest absolute Gasteiger partial charge is 0.332 e. The highest BCUT2D eigenvalue weighted by Crippen LogP contribution is 2.55. The minimum absolute atomic E-state index is 0.264. The number of aryl methyl sites for hydroxylation is 1. The van der Waals surface area contributed by atoms with Crippen molar-refractivity contribution in [3.8, 4) is 0 Å². The molecule has 0 bridgehead atoms. The van der Waals surface area contributed by atoms with Crippen molar-refractivity contribution in [3.05, 3.63) is 97.7 Å². The van der Waals surface area contributed by atoms with Gasteiger partial charge in [-0.25, -0.2) is 4.79 Å². The van der Waals surface area contributed by atoms with E-state index in [9.17, 15) is 14.4 Å². The molecule has 0 radical (unpaired) electrons. The molecule has 2 aliphatic rings. The van der Waals surface area contributed by atoms with Gasteiger partial charge in [0.15, 0.2) is 0 Å². The third kappa shape index (κ3) is 2.26. The van der Waals surface area contributed by atoms with Crippen LogP contribution in [0.2, 0.25) is 0 Å². The van der Waals surface area contributed by atoms with Crippen LogP contribution in [0.15, 0.2) is 64.2 Å². The van der Waals surface area contributed by atoms with Crippen molar-refractivity contribution in [1.82, 2.24) is 9.13 Å². The maximum atomic E-state index is 14.1. The Kier molecular flexibility index (Phi) is 3.82. The Hall–Kier alpha value is -4.13. The average molecular weight is 438 g/mol. The molecule has 0 fully saturated rings. The van der Waals surface area contributed by atoms with Crippen molar-refractivity contribution in [2.45, 2.75) is 18.8 Å². The quantitative estimate of drug-likeness (QED) is 0.478. The van der Waals surface area contributed by atoms with E-state index in [1.165, 1.54) is 11.6 Å². The fourth-order valence-corrected chi connectivity index (χ4v) is 5.43. The summed E-state index contributed by atoms with van der Waals surface area (Å²) < 4.78 is 2.49. The number of fused-ring (bicyclic) bond motifs is 8. The summed E-state index contributed by atoms with van der Waals surface area (Å²) in [6.07, 6.45) is 0.783. The Morgan fingerprint density at radius 1 is 0.848 bits per heavy atom. The van der Waals surface area contributed by atoms with Crippen molar-refractivity contribution in [1.29, 1.82) is 0 Å². The number of aromatic nitrogens is 2. The normalized spacial score (nSPS) is 18.0. The maximum absolute atomic E-state index is 14.1. The van der Waals surface area contributed by atoms with Gasteiger partial charge in [-0.05, 0) is 34.9 Å². The fraction of sp³-hybridized carbons (Fsp3) is 0.192. The first-order valence-electron chi connectivity index (χ1n) is 10.9. The Bertz CT molecular complexity index is 1650. The minimum Gasteiger partial charge on any atom is -0.341 e. The van der Waals surface area contributed by atoms with E-state index in [-0.39, 0.29) is 11.5 Å². The van der Waals surface area contributed by atoms with Gasteiger partial charge >= 0.3 is 5.69 Å². The van der Waals surface area contributed by atoms with E-state index in [4.69, 9.17) is 0 Å². The molecule has 3 heterocycles. The van der Waals surface area contributed by atoms with Crippen LogP contribution < -0.4 is 21.9 Å². The summed E-state index contributed by atoms with van der Waals surface area (Å²) in [4.78, 5) is 40.6. The molecule has 3 aromatic carbocycles. The second kappa shape index (κ2) is 6.45. The standard InChI is InChI=1S/C26H22N4O3/c1-4-14-9-11-18-17(13-14)26(21-22(27-18)29(2)25(33)30(3)23(21)31)20-16-8-6-5-7-15(16)10-12-19(20)28-24(26)32/h5-13,27H,4H2,1-3H3,(H,28,32). The first-order valence-corrected chi connectivity index (χ1v) is 10.9. The van der Waals surface area contributed by atoms with Gasteiger partial charge < -0.3 is 10.6 Å². The van der Waals surface area contributed by atoms with Gasteiger partial charge in [0.2, 0.25) is 5.91 Å². The van der Waals surface area contributed by atoms with Crippen LogP contribution in [0.25, 0.3) is 10.8 Å². The summed E-state index contributed by atoms with van der Waals surface area (Å²) in [6, 6.07) is 17.7. The summed E-state index contributed by atoms with van der Waals surface area (Å²) in [6.45, 7) is 2.05. The second-order valence-corrected chi connectivity index (χ2v) is 8.70. The SMILES string of the molecule is CCc1ccc2c(c1)C1(C(=O)Nc3ccc4ccccc4c31)c1c(n(C)c(=O)n(C)c1=O)N2. The van der Waals surface area contributed by atoms with E-state index in [2.05, 4.69) is 17.6 Å². The van der Waals surface area contributed by atoms with Gasteiger partial charge in [-0.3, -0.25) is 18.7 Å². The topological polar surface area (TPSA) is 85.1 Å². The molecule has 0 aliphatic carbocycles. The number of nitrogens with one attached hydrogen (secondary N) is 2. The van der Waals surface area contributed by atoms with Gasteiger partial charge in [-0.15, -0.1) is 0 Å². The molecule has 7 heteroatoms. The predicted octanol–water partition coefficient (Wildman–Crippen LogP) is 3.14. The predicted molar refractivity (Wildman–Crippen MR) is 128 cm³/mol. The third-order valence-electron chi connectivity index (χ3n) is 7.08. The number of nitrogens with zero attached hydrogens (tertiary/aromatic N) is 2. The molecule has 6 rings (SSSR count). The number of hydrogen-bond acceptors (Lipinski definition) is 4. The fourth-order valence-electron chi connectivity index (χ4n) is 5.43. The molecular formula is C26H22N4O3. The largest absolute Gasteiger partial charge is 0.341 e. The molecule has 1 unspecified atom stereocenters. The van der Waals surface area contributed by atoms with Crippen molar-refractivity contribution >= 4 is 33.9 Å². The lowest BCUT2D eigenvalue weighted by Crippen LogP contribution is -2.50. The van der Waals surface area contributed by atoms with Crippen molar-refractivity contribution in [2.75, 3.05) is 10.6 Å². The lowest BCUT2D eigenvalue weighted by atomic mass is 9.67. The van der Waals surface area contributed by atoms with Gasteiger partial charge in [0.05, 0.1) is 5.56 Å². The van der Waals surface area contributed by atoms with E-state index >= 15 is 0 Å². The lowest BCUT2D eigenvalue weighted by Gasteiger charge is -2.37. The molecule has 164 valence electrons. The third-order valence-corrected chi connectivity index (χ3v) is 7.08. The van der Waals surface area contributed by atoms with Crippen LogP contribution in [0.4, 0.5) is 17.2 Å². The van der Waals surface area contributed by atoms with Gasteiger partial charge in [-0.2, -0.15) is 0 Å². The van der Waals surface area contributed by atoms with E-state index < -0.39 is 16.7 Å². The van der Waals surface area contributed by atoms with Crippen LogP contribution in [-0.2, 0) is 30.7 Å². The number of amides is 1. The lowest BCUT2D eigenvalue weighted by molar-refractivity contribution is -0.118. The molecule has 33 heavy (non-hydrogen) atoms. The zero-order chi connectivity index (χ0) is 23.1. The summed E-state index contributed by atoms with van der Waals surface area (Å²) in [5.41, 5.74) is 1.85. The van der Waals surface area contributed by atoms with E-state index in [1.54, 1.807) is 7.05 Å². The molecule has 0 saturated heterocycles. The van der Waals surface area contributed by atoms with Crippen LogP contribution >= 0.6 is 0 Å². The molecule has 1 aromatic heterocycles. The molecule has 2 aliphatic heterocycles. The molecule has 2 N–H and O–H groups in total. The summed E-state index contributed by atoms with van der Waals surface area (Å²) in [7, 11) is 3.07. The Morgan fingerprint density at radius 2 is 1.61 bits per heavy atom. The summed E-state index contributed by atoms with van der Waals surface area (Å²) >= 11 is 0. The van der Waals surface area contributed by atoms with Crippen molar-refractivity contribution < 1.29 is 4.79 Å². The first kappa shape index (κ1) is 19.5. The number of rotatable bonds is 1. The van der Waals surface area contributed by atoms with E-state index in [0.717, 1.165) is 38.5 Å². The molecule has 7 nitrogen and oxygen atoms in total. The molecule has 0 saturated carbocycles. The Labute approximate surface area is 189 Å². The molecule has 4 aromatic rings. The highest BCUT2D eigenvalue weighted by Gasteiger charge is 2.57. The van der Waals surface area contributed by atoms with Crippen LogP contribution in [0.1, 0.15) is 29.2 Å². The highest BCUT2D eigenvalue weighted by molar-refractivity contribution is 6.18. The van der Waals surface area contributed by atoms with Crippen LogP contribution in [0.5, 0.6) is 0 Å². The van der Waals surface area contributed by atoms with Gasteiger partial charge in [0.1, 0.15) is 11.2 Å². The van der Waals surface area contributed by atoms with Crippen LogP contribution in [0, 0.1) is 0 Å². The number of carbonyl (C=O) groups is 1. The van der Waals surface area contributed by atoms with Gasteiger partial charge in [0, 0.05) is 36.6 Å². The molecular weight excluding hydrogens is 416 g/mol. The zero-order valence-corrected chi connectivity index (χ0v) is 18.5. The van der Waals surface area contributed by atoms with Crippen molar-refractivity contribution in [3.63, 3.8) is 0 Å². The van der Waals surface area contributed by atoms with E-state index in [1.807, 2.05) is 54.6 Å². The van der Waals surface area contributed by atoms with E-state index in [0.29, 0.717) is 17.2 Å². The van der Waals surface area contributed by atoms with Gasteiger partial charge in [0.25, 0.3) is 5.56 Å². The molecule has 1 amide bonds. The minimum atomic E-state index is -1.39. The number of anilines is 3.